The molecule has 1 aliphatic heterocycles. The number of nitrogens with one attached hydrogen (secondary N) is 6. The molecule has 0 bridgehead atoms. The van der Waals surface area contributed by atoms with Crippen LogP contribution in [0.25, 0.3) is 0 Å². The highest BCUT2D eigenvalue weighted by atomic mass is 16.4. The van der Waals surface area contributed by atoms with Gasteiger partial charge in [-0.05, 0) is 129 Å². The Labute approximate surface area is 404 Å². The summed E-state index contributed by atoms with van der Waals surface area (Å²) in [6.45, 7) is 7.00. The summed E-state index contributed by atoms with van der Waals surface area (Å²) in [5, 5.41) is 55.8. The van der Waals surface area contributed by atoms with Gasteiger partial charge in [0.15, 0.2) is 0 Å². The second-order valence-electron chi connectivity index (χ2n) is 18.3. The van der Waals surface area contributed by atoms with Crippen LogP contribution in [0.3, 0.4) is 0 Å². The minimum Gasteiger partial charge on any atom is -0.508 e. The lowest BCUT2D eigenvalue weighted by Crippen LogP contribution is -2.60. The largest absolute Gasteiger partial charge is 0.508 e. The zero-order chi connectivity index (χ0) is 50.6. The smallest absolute Gasteiger partial charge is 0.326 e. The van der Waals surface area contributed by atoms with Crippen LogP contribution in [0, 0.1) is 11.8 Å². The maximum atomic E-state index is 14.8. The summed E-state index contributed by atoms with van der Waals surface area (Å²) in [4.78, 5) is 98.5. The van der Waals surface area contributed by atoms with Gasteiger partial charge in [0, 0.05) is 13.6 Å². The van der Waals surface area contributed by atoms with Crippen LogP contribution in [0.15, 0.2) is 72.8 Å². The Kier molecular flexibility index (Phi) is 21.6. The summed E-state index contributed by atoms with van der Waals surface area (Å²) in [5.74, 6) is -5.05. The zero-order valence-corrected chi connectivity index (χ0v) is 40.3. The Morgan fingerprint density at radius 3 is 1.71 bits per heavy atom. The number of hydrogen-bond acceptors (Lipinski definition) is 10. The molecule has 10 N–H and O–H groups in total. The van der Waals surface area contributed by atoms with Crippen LogP contribution in [-0.4, -0.2) is 117 Å². The number of phenols is 3. The predicted octanol–water partition coefficient (Wildman–Crippen LogP) is 4.19. The molecule has 1 heterocycles. The van der Waals surface area contributed by atoms with Gasteiger partial charge < -0.3 is 57.2 Å². The van der Waals surface area contributed by atoms with E-state index in [2.05, 4.69) is 31.9 Å². The monoisotopic (exact) mass is 958 g/mol. The molecule has 376 valence electrons. The molecule has 69 heavy (non-hydrogen) atoms. The SMILES string of the molecule is CC[C@H](C)[C@H](NC(=O)N[C@@H]1CCCCNC(=O)[C@H](CCc2ccc(O)cc2)NC(=O)[C@H](CCCCc2ccc(O)cc2)N(C)C(=O)[C@H](CCc2ccc(O)cc2)NC(=O)[C@H](C(C)C)NC1=O)C(=O)O. The Bertz CT molecular complexity index is 2170. The Morgan fingerprint density at radius 2 is 1.19 bits per heavy atom. The van der Waals surface area contributed by atoms with Crippen molar-refractivity contribution in [3.63, 3.8) is 0 Å². The highest BCUT2D eigenvalue weighted by molar-refractivity contribution is 5.96. The van der Waals surface area contributed by atoms with Crippen molar-refractivity contribution in [3.8, 4) is 17.2 Å². The minimum absolute atomic E-state index is 0.0383. The van der Waals surface area contributed by atoms with Crippen molar-refractivity contribution in [1.29, 1.82) is 0 Å². The number of aryl methyl sites for hydroxylation is 3. The van der Waals surface area contributed by atoms with Crippen molar-refractivity contribution in [2.24, 2.45) is 11.8 Å². The average Bonchev–Trinajstić information content (AvgIpc) is 3.32. The standard InChI is InChI=1S/C51H71N7O11/c1-6-32(4)44(50(67)68)57-51(69)55-39-12-9-10-30-52-45(62)40(28-20-34-16-24-37(60)25-17-34)53-47(64)42(13-8-7-11-33-14-22-36(59)23-15-33)58(5)49(66)41(29-21-35-18-26-38(61)27-19-35)54-48(65)43(31(2)3)56-46(39)63/h14-19,22-27,31-32,39-44,59-61H,6-13,20-21,28-30H2,1-5H3,(H,52,62)(H,53,64)(H,54,65)(H,56,63)(H,67,68)(H2,55,57,69)/t32-,39+,40-,41-,42-,43-,44-/m0/s1. The number of unbranched alkanes of at least 4 members (excludes halogenated alkanes) is 1. The van der Waals surface area contributed by atoms with Gasteiger partial charge in [-0.25, -0.2) is 9.59 Å². The molecule has 0 spiro atoms. The van der Waals surface area contributed by atoms with Crippen molar-refractivity contribution in [3.05, 3.63) is 89.5 Å². The number of carbonyl (C=O) groups excluding carboxylic acids is 6. The molecule has 1 aliphatic rings. The van der Waals surface area contributed by atoms with Crippen LogP contribution in [0.1, 0.15) is 102 Å². The first-order valence-corrected chi connectivity index (χ1v) is 24.0. The summed E-state index contributed by atoms with van der Waals surface area (Å²) in [5.41, 5.74) is 2.52. The van der Waals surface area contributed by atoms with Gasteiger partial charge in [0.05, 0.1) is 0 Å². The maximum absolute atomic E-state index is 14.8. The summed E-state index contributed by atoms with van der Waals surface area (Å²) in [6.07, 6.45) is 3.85. The van der Waals surface area contributed by atoms with E-state index < -0.39 is 89.6 Å². The molecule has 18 nitrogen and oxygen atoms in total. The number of likely N-dealkylation sites (N-methyl/N-ethyl adjacent to an activating group) is 1. The fourth-order valence-electron chi connectivity index (χ4n) is 8.12. The molecule has 0 radical (unpaired) electrons. The Balaban J connectivity index is 1.71. The molecule has 7 amide bonds. The topological polar surface area (TPSA) is 276 Å². The average molecular weight is 958 g/mol. The fraction of sp³-hybridized carbons (Fsp3) is 0.510. The number of aromatic hydroxyl groups is 3. The first-order valence-electron chi connectivity index (χ1n) is 24.0. The van der Waals surface area contributed by atoms with E-state index in [9.17, 15) is 54.0 Å². The van der Waals surface area contributed by atoms with E-state index in [-0.39, 0.29) is 55.9 Å². The van der Waals surface area contributed by atoms with E-state index in [1.807, 2.05) is 0 Å². The van der Waals surface area contributed by atoms with Gasteiger partial charge in [-0.1, -0.05) is 76.9 Å². The number of hydrogen-bond donors (Lipinski definition) is 10. The highest BCUT2D eigenvalue weighted by Gasteiger charge is 2.37. The molecule has 0 aliphatic carbocycles. The first kappa shape index (κ1) is 54.8. The van der Waals surface area contributed by atoms with Crippen LogP contribution in [0.5, 0.6) is 17.2 Å². The maximum Gasteiger partial charge on any atom is 0.326 e. The lowest BCUT2D eigenvalue weighted by Gasteiger charge is -2.33. The van der Waals surface area contributed by atoms with Crippen LogP contribution in [0.2, 0.25) is 0 Å². The van der Waals surface area contributed by atoms with Crippen molar-refractivity contribution < 1.29 is 54.0 Å². The Hall–Kier alpha value is -6.85. The quantitative estimate of drug-likeness (QED) is 0.0857. The number of amides is 7. The number of benzene rings is 3. The summed E-state index contributed by atoms with van der Waals surface area (Å²) in [6, 6.07) is 11.7. The van der Waals surface area contributed by atoms with Gasteiger partial charge in [0.1, 0.15) is 53.5 Å². The highest BCUT2D eigenvalue weighted by Crippen LogP contribution is 2.20. The van der Waals surface area contributed by atoms with Gasteiger partial charge in [0.25, 0.3) is 0 Å². The van der Waals surface area contributed by atoms with Crippen LogP contribution in [-0.2, 0) is 48.0 Å². The number of nitrogens with zero attached hydrogens (tertiary/aromatic N) is 1. The van der Waals surface area contributed by atoms with Gasteiger partial charge >= 0.3 is 12.0 Å². The van der Waals surface area contributed by atoms with E-state index in [4.69, 9.17) is 0 Å². The summed E-state index contributed by atoms with van der Waals surface area (Å²) in [7, 11) is 1.47. The van der Waals surface area contributed by atoms with Gasteiger partial charge in [-0.3, -0.25) is 24.0 Å². The normalized spacial score (nSPS) is 21.0. The van der Waals surface area contributed by atoms with E-state index in [0.717, 1.165) is 16.7 Å². The molecule has 7 atom stereocenters. The van der Waals surface area contributed by atoms with Gasteiger partial charge in [-0.15, -0.1) is 0 Å². The van der Waals surface area contributed by atoms with Crippen molar-refractivity contribution in [1.82, 2.24) is 36.8 Å². The third kappa shape index (κ3) is 17.6. The first-order chi connectivity index (χ1) is 32.9. The number of aliphatic carboxylic acids is 1. The molecule has 0 unspecified atom stereocenters. The van der Waals surface area contributed by atoms with Crippen LogP contribution < -0.4 is 31.9 Å². The van der Waals surface area contributed by atoms with E-state index in [0.29, 0.717) is 44.9 Å². The summed E-state index contributed by atoms with van der Waals surface area (Å²) < 4.78 is 0. The molecule has 4 rings (SSSR count). The molecular weight excluding hydrogens is 887 g/mol. The minimum atomic E-state index is -1.24. The number of urea groups is 1. The van der Waals surface area contributed by atoms with E-state index in [1.165, 1.54) is 36.2 Å². The lowest BCUT2D eigenvalue weighted by atomic mass is 9.98. The van der Waals surface area contributed by atoms with Crippen molar-refractivity contribution in [2.75, 3.05) is 13.6 Å². The molecule has 18 heteroatoms. The van der Waals surface area contributed by atoms with Gasteiger partial charge in [0.2, 0.25) is 29.5 Å². The second kappa shape index (κ2) is 27.2. The molecule has 0 aromatic heterocycles. The number of carboxylic acids is 1. The van der Waals surface area contributed by atoms with Gasteiger partial charge in [-0.2, -0.15) is 0 Å². The molecule has 3 aromatic rings. The number of rotatable bonds is 17. The summed E-state index contributed by atoms with van der Waals surface area (Å²) >= 11 is 0. The number of carboxylic acid groups (broad SMARTS) is 1. The fourth-order valence-corrected chi connectivity index (χ4v) is 8.12. The third-order valence-electron chi connectivity index (χ3n) is 12.7. The number of carbonyl (C=O) groups is 7. The molecule has 0 saturated carbocycles. The zero-order valence-electron chi connectivity index (χ0n) is 40.3. The third-order valence-corrected chi connectivity index (χ3v) is 12.7. The van der Waals surface area contributed by atoms with Crippen molar-refractivity contribution in [2.45, 2.75) is 141 Å². The van der Waals surface area contributed by atoms with Crippen LogP contribution in [0.4, 0.5) is 4.79 Å². The predicted molar refractivity (Wildman–Crippen MR) is 259 cm³/mol. The second-order valence-corrected chi connectivity index (χ2v) is 18.3. The lowest BCUT2D eigenvalue weighted by molar-refractivity contribution is -0.143. The van der Waals surface area contributed by atoms with Crippen LogP contribution >= 0.6 is 0 Å². The Morgan fingerprint density at radius 1 is 0.667 bits per heavy atom. The molecular formula is C51H71N7O11. The molecule has 1 saturated heterocycles. The molecule has 1 fully saturated rings. The number of phenolic OH excluding ortho intramolecular Hbond substituents is 3. The van der Waals surface area contributed by atoms with Crippen molar-refractivity contribution >= 4 is 41.5 Å². The molecule has 3 aromatic carbocycles. The van der Waals surface area contributed by atoms with E-state index in [1.54, 1.807) is 76.2 Å². The van der Waals surface area contributed by atoms with E-state index >= 15 is 0 Å².